The maximum atomic E-state index is 12.4. The third-order valence-electron chi connectivity index (χ3n) is 13.6. The second kappa shape index (κ2) is 61.4. The van der Waals surface area contributed by atoms with Crippen LogP contribution in [0.25, 0.3) is 0 Å². The van der Waals surface area contributed by atoms with Gasteiger partial charge in [0, 0.05) is 24.8 Å². The van der Waals surface area contributed by atoms with Gasteiger partial charge in [-0.1, -0.05) is 246 Å². The molecule has 0 aliphatic heterocycles. The number of ether oxygens (including phenoxy) is 2. The Kier molecular flexibility index (Phi) is 64.5. The predicted octanol–water partition coefficient (Wildman–Crippen LogP) is 16.5. The van der Waals surface area contributed by atoms with Crippen LogP contribution in [0, 0.1) is 0 Å². The van der Waals surface area contributed by atoms with Crippen molar-refractivity contribution in [2.24, 2.45) is 0 Å². The van der Waals surface area contributed by atoms with Gasteiger partial charge in [0.2, 0.25) is 0 Å². The van der Waals surface area contributed by atoms with Crippen LogP contribution >= 0.6 is 0 Å². The maximum absolute atomic E-state index is 12.4. The summed E-state index contributed by atoms with van der Waals surface area (Å²) in [5, 5.41) is 21.1. The summed E-state index contributed by atoms with van der Waals surface area (Å²) < 4.78 is 11.8. The van der Waals surface area contributed by atoms with Crippen molar-refractivity contribution < 1.29 is 38.9 Å². The standard InChI is InChI=1S/2C30H58O4.Ca/c2*1-3-5-7-9-11-13-15-17-23-27-30(33)34-28(25-21-18-19-22-26-29(31)32)24-20-16-14-12-10-8-6-4-2;/h2*28H,3-27H2,1-2H3,(H,31,32);/q;;+2/p-2. The number of carbonyl (C=O) groups is 4. The molecule has 0 aromatic carbocycles. The minimum absolute atomic E-state index is 0. The molecule has 69 heavy (non-hydrogen) atoms. The number of rotatable bonds is 54. The van der Waals surface area contributed by atoms with Crippen LogP contribution in [0.3, 0.4) is 0 Å². The molecule has 0 N–H and O–H groups in total. The van der Waals surface area contributed by atoms with E-state index in [1.165, 1.54) is 180 Å². The van der Waals surface area contributed by atoms with Crippen molar-refractivity contribution in [1.82, 2.24) is 0 Å². The van der Waals surface area contributed by atoms with Crippen molar-refractivity contribution in [2.75, 3.05) is 0 Å². The topological polar surface area (TPSA) is 133 Å². The van der Waals surface area contributed by atoms with Gasteiger partial charge in [-0.15, -0.1) is 0 Å². The van der Waals surface area contributed by atoms with Crippen LogP contribution in [0.15, 0.2) is 0 Å². The minimum atomic E-state index is -0.960. The second-order valence-corrected chi connectivity index (χ2v) is 20.6. The van der Waals surface area contributed by atoms with Crippen molar-refractivity contribution in [1.29, 1.82) is 0 Å². The Bertz CT molecular complexity index is 988. The van der Waals surface area contributed by atoms with Gasteiger partial charge in [-0.2, -0.15) is 0 Å². The van der Waals surface area contributed by atoms with Crippen LogP contribution in [0.5, 0.6) is 0 Å². The molecule has 0 rings (SSSR count). The van der Waals surface area contributed by atoms with Crippen molar-refractivity contribution in [3.05, 3.63) is 0 Å². The summed E-state index contributed by atoms with van der Waals surface area (Å²) in [6.45, 7) is 9.00. The van der Waals surface area contributed by atoms with Gasteiger partial charge >= 0.3 is 49.7 Å². The van der Waals surface area contributed by atoms with Gasteiger partial charge in [-0.25, -0.2) is 0 Å². The summed E-state index contributed by atoms with van der Waals surface area (Å²) >= 11 is 0. The zero-order valence-electron chi connectivity index (χ0n) is 46.5. The molecule has 9 heteroatoms. The van der Waals surface area contributed by atoms with Gasteiger partial charge in [0.15, 0.2) is 0 Å². The number of esters is 2. The first-order valence-corrected chi connectivity index (χ1v) is 30.0. The molecule has 0 radical (unpaired) electrons. The van der Waals surface area contributed by atoms with E-state index in [1.807, 2.05) is 0 Å². The van der Waals surface area contributed by atoms with E-state index in [0.717, 1.165) is 103 Å². The largest absolute Gasteiger partial charge is 2.00 e. The first kappa shape index (κ1) is 72.4. The van der Waals surface area contributed by atoms with E-state index in [4.69, 9.17) is 9.47 Å². The Hall–Kier alpha value is -0.860. The molecule has 0 saturated carbocycles. The Balaban J connectivity index is -0.00000124. The Morgan fingerprint density at radius 1 is 0.275 bits per heavy atom. The predicted molar refractivity (Wildman–Crippen MR) is 289 cm³/mol. The monoisotopic (exact) mass is 1000 g/mol. The van der Waals surface area contributed by atoms with Crippen LogP contribution in [-0.2, 0) is 28.7 Å². The average Bonchev–Trinajstić information content (AvgIpc) is 3.31. The smallest absolute Gasteiger partial charge is 0.550 e. The minimum Gasteiger partial charge on any atom is -0.550 e. The molecule has 404 valence electrons. The molecular formula is C60H114CaO8. The van der Waals surface area contributed by atoms with E-state index < -0.39 is 11.9 Å². The van der Waals surface area contributed by atoms with E-state index in [2.05, 4.69) is 27.7 Å². The number of unbranched alkanes of at least 4 members (excludes halogenated alkanes) is 36. The molecule has 0 saturated heterocycles. The van der Waals surface area contributed by atoms with Crippen LogP contribution in [0.1, 0.15) is 349 Å². The molecule has 0 aliphatic rings. The quantitative estimate of drug-likeness (QED) is 0.0334. The normalized spacial score (nSPS) is 11.9. The zero-order valence-corrected chi connectivity index (χ0v) is 48.7. The third-order valence-corrected chi connectivity index (χ3v) is 13.6. The Morgan fingerprint density at radius 2 is 0.449 bits per heavy atom. The van der Waals surface area contributed by atoms with Crippen LogP contribution in [0.2, 0.25) is 0 Å². The molecule has 0 aromatic rings. The van der Waals surface area contributed by atoms with Gasteiger partial charge < -0.3 is 29.3 Å². The van der Waals surface area contributed by atoms with Gasteiger partial charge in [0.05, 0.1) is 0 Å². The van der Waals surface area contributed by atoms with Crippen LogP contribution in [-0.4, -0.2) is 73.8 Å². The SMILES string of the molecule is CCCCCCCCCCCC(=O)OC(CCCCCCCCCC)CCCCCCC(=O)[O-].CCCCCCCCCCCC(=O)OC(CCCCCCCCCC)CCCCCCC(=O)[O-].[Ca+2]. The van der Waals surface area contributed by atoms with Crippen molar-refractivity contribution in [3.63, 3.8) is 0 Å². The van der Waals surface area contributed by atoms with Gasteiger partial charge in [0.1, 0.15) is 12.2 Å². The van der Waals surface area contributed by atoms with Crippen molar-refractivity contribution >= 4 is 61.6 Å². The zero-order chi connectivity index (χ0) is 50.2. The summed E-state index contributed by atoms with van der Waals surface area (Å²) in [4.78, 5) is 45.9. The summed E-state index contributed by atoms with van der Waals surface area (Å²) in [5.74, 6) is -1.97. The molecule has 2 unspecified atom stereocenters. The second-order valence-electron chi connectivity index (χ2n) is 20.6. The molecule has 0 heterocycles. The van der Waals surface area contributed by atoms with Crippen LogP contribution < -0.4 is 10.2 Å². The van der Waals surface area contributed by atoms with E-state index in [-0.39, 0.29) is 74.7 Å². The molecule has 0 aromatic heterocycles. The number of carboxylic acids is 2. The molecular weight excluding hydrogens is 889 g/mol. The summed E-state index contributed by atoms with van der Waals surface area (Å²) in [5.41, 5.74) is 0. The molecule has 0 spiro atoms. The summed E-state index contributed by atoms with van der Waals surface area (Å²) in [6.07, 6.45) is 55.6. The van der Waals surface area contributed by atoms with Gasteiger partial charge in [-0.3, -0.25) is 9.59 Å². The first-order valence-electron chi connectivity index (χ1n) is 30.0. The number of hydrogen-bond donors (Lipinski definition) is 0. The number of hydrogen-bond acceptors (Lipinski definition) is 8. The average molecular weight is 1000 g/mol. The number of carbonyl (C=O) groups excluding carboxylic acids is 4. The number of aliphatic carboxylic acids is 2. The fourth-order valence-corrected chi connectivity index (χ4v) is 9.18. The van der Waals surface area contributed by atoms with E-state index in [1.54, 1.807) is 0 Å². The van der Waals surface area contributed by atoms with Crippen molar-refractivity contribution in [2.45, 2.75) is 361 Å². The van der Waals surface area contributed by atoms with Gasteiger partial charge in [-0.05, 0) is 89.9 Å². The first-order chi connectivity index (χ1) is 33.2. The third kappa shape index (κ3) is 63.2. The van der Waals surface area contributed by atoms with E-state index in [9.17, 15) is 29.4 Å². The van der Waals surface area contributed by atoms with Gasteiger partial charge in [0.25, 0.3) is 0 Å². The molecule has 0 aliphatic carbocycles. The maximum Gasteiger partial charge on any atom is 2.00 e. The van der Waals surface area contributed by atoms with Crippen molar-refractivity contribution in [3.8, 4) is 0 Å². The molecule has 2 atom stereocenters. The fraction of sp³-hybridized carbons (Fsp3) is 0.933. The Morgan fingerprint density at radius 3 is 0.652 bits per heavy atom. The molecule has 0 fully saturated rings. The molecule has 0 amide bonds. The number of carboxylic acid groups (broad SMARTS) is 2. The molecule has 0 bridgehead atoms. The summed E-state index contributed by atoms with van der Waals surface area (Å²) in [7, 11) is 0. The molecule has 8 nitrogen and oxygen atoms in total. The van der Waals surface area contributed by atoms with Crippen LogP contribution in [0.4, 0.5) is 0 Å². The fourth-order valence-electron chi connectivity index (χ4n) is 9.18. The summed E-state index contributed by atoms with van der Waals surface area (Å²) in [6, 6.07) is 0. The van der Waals surface area contributed by atoms with E-state index >= 15 is 0 Å². The Labute approximate surface area is 458 Å². The van der Waals surface area contributed by atoms with E-state index in [0.29, 0.717) is 25.7 Å².